The molecule has 0 aliphatic carbocycles. The lowest BCUT2D eigenvalue weighted by molar-refractivity contribution is -0.139. The summed E-state index contributed by atoms with van der Waals surface area (Å²) in [6.07, 6.45) is 1.87. The summed E-state index contributed by atoms with van der Waals surface area (Å²) in [5, 5.41) is 12.5. The van der Waals surface area contributed by atoms with E-state index in [2.05, 4.69) is 17.2 Å². The topological polar surface area (TPSA) is 88.5 Å². The summed E-state index contributed by atoms with van der Waals surface area (Å²) in [6.45, 7) is 3.86. The fourth-order valence-corrected chi connectivity index (χ4v) is 3.22. The number of carbonyl (C=O) groups is 2. The number of hydrogen-bond acceptors (Lipinski definition) is 5. The van der Waals surface area contributed by atoms with Crippen molar-refractivity contribution in [2.24, 2.45) is 0 Å². The first kappa shape index (κ1) is 17.9. The van der Waals surface area contributed by atoms with E-state index < -0.39 is 12.6 Å². The first-order valence-corrected chi connectivity index (χ1v) is 8.49. The van der Waals surface area contributed by atoms with Crippen LogP contribution in [0.2, 0.25) is 0 Å². The molecule has 0 aliphatic heterocycles. The molecule has 7 heteroatoms. The quantitative estimate of drug-likeness (QED) is 0.766. The van der Waals surface area contributed by atoms with E-state index in [9.17, 15) is 9.59 Å². The number of carbonyl (C=O) groups excluding carboxylic acids is 1. The molecule has 0 unspecified atom stereocenters. The minimum absolute atomic E-state index is 0.149. The Balaban J connectivity index is 1.96. The predicted molar refractivity (Wildman–Crippen MR) is 91.6 cm³/mol. The third-order valence-corrected chi connectivity index (χ3v) is 4.44. The zero-order valence-corrected chi connectivity index (χ0v) is 14.5. The van der Waals surface area contributed by atoms with Crippen LogP contribution in [0, 0.1) is 6.92 Å². The van der Waals surface area contributed by atoms with E-state index >= 15 is 0 Å². The van der Waals surface area contributed by atoms with Crippen LogP contribution < -0.4 is 10.1 Å². The molecule has 0 bridgehead atoms. The van der Waals surface area contributed by atoms with Crippen LogP contribution in [0.15, 0.2) is 24.3 Å². The SMILES string of the molecule is CCCc1nc(C)c(C(=O)NCc2cccc(OCC(=O)O)c2)s1. The standard InChI is InChI=1S/C17H20N2O4S/c1-3-5-14-19-11(2)16(24-14)17(22)18-9-12-6-4-7-13(8-12)23-10-15(20)21/h4,6-8H,3,5,9-10H2,1-2H3,(H,18,22)(H,20,21). The number of thiazole rings is 1. The molecule has 0 atom stereocenters. The van der Waals surface area contributed by atoms with Gasteiger partial charge < -0.3 is 15.2 Å². The van der Waals surface area contributed by atoms with Gasteiger partial charge in [-0.1, -0.05) is 19.1 Å². The van der Waals surface area contributed by atoms with E-state index in [4.69, 9.17) is 9.84 Å². The van der Waals surface area contributed by atoms with E-state index in [1.807, 2.05) is 13.0 Å². The van der Waals surface area contributed by atoms with Crippen LogP contribution in [0.4, 0.5) is 0 Å². The number of carboxylic acids is 1. The second kappa shape index (κ2) is 8.44. The van der Waals surface area contributed by atoms with Crippen molar-refractivity contribution < 1.29 is 19.4 Å². The fraction of sp³-hybridized carbons (Fsp3) is 0.353. The average molecular weight is 348 g/mol. The zero-order chi connectivity index (χ0) is 17.5. The van der Waals surface area contributed by atoms with Crippen molar-refractivity contribution >= 4 is 23.2 Å². The van der Waals surface area contributed by atoms with Crippen LogP contribution in [0.5, 0.6) is 5.75 Å². The Morgan fingerprint density at radius 2 is 2.17 bits per heavy atom. The number of aliphatic carboxylic acids is 1. The Labute approximate surface area is 144 Å². The summed E-state index contributed by atoms with van der Waals surface area (Å²) in [7, 11) is 0. The molecular weight excluding hydrogens is 328 g/mol. The normalized spacial score (nSPS) is 10.4. The largest absolute Gasteiger partial charge is 0.482 e. The number of rotatable bonds is 8. The van der Waals surface area contributed by atoms with Gasteiger partial charge in [-0.3, -0.25) is 4.79 Å². The Morgan fingerprint density at radius 1 is 1.38 bits per heavy atom. The Bertz CT molecular complexity index is 727. The summed E-state index contributed by atoms with van der Waals surface area (Å²) < 4.78 is 5.13. The van der Waals surface area contributed by atoms with Gasteiger partial charge in [0, 0.05) is 6.54 Å². The van der Waals surface area contributed by atoms with Gasteiger partial charge in [0.05, 0.1) is 10.7 Å². The predicted octanol–water partition coefficient (Wildman–Crippen LogP) is 2.80. The van der Waals surface area contributed by atoms with Gasteiger partial charge in [0.25, 0.3) is 5.91 Å². The lowest BCUT2D eigenvalue weighted by Gasteiger charge is -2.07. The Morgan fingerprint density at radius 3 is 2.88 bits per heavy atom. The molecule has 1 aromatic carbocycles. The van der Waals surface area contributed by atoms with Gasteiger partial charge in [-0.05, 0) is 37.5 Å². The molecule has 1 amide bonds. The van der Waals surface area contributed by atoms with Crippen molar-refractivity contribution in [3.8, 4) is 5.75 Å². The lowest BCUT2D eigenvalue weighted by atomic mass is 10.2. The third-order valence-electron chi connectivity index (χ3n) is 3.22. The first-order chi connectivity index (χ1) is 11.5. The second-order valence-corrected chi connectivity index (χ2v) is 6.37. The highest BCUT2D eigenvalue weighted by atomic mass is 32.1. The van der Waals surface area contributed by atoms with E-state index in [1.54, 1.807) is 18.2 Å². The van der Waals surface area contributed by atoms with Crippen molar-refractivity contribution in [2.75, 3.05) is 6.61 Å². The number of nitrogens with one attached hydrogen (secondary N) is 1. The van der Waals surface area contributed by atoms with Crippen molar-refractivity contribution in [3.05, 3.63) is 45.4 Å². The molecule has 0 saturated carbocycles. The Hall–Kier alpha value is -2.41. The fourth-order valence-electron chi connectivity index (χ4n) is 2.14. The molecule has 0 aliphatic rings. The maximum atomic E-state index is 12.3. The molecule has 6 nitrogen and oxygen atoms in total. The maximum Gasteiger partial charge on any atom is 0.341 e. The van der Waals surface area contributed by atoms with Gasteiger partial charge >= 0.3 is 5.97 Å². The van der Waals surface area contributed by atoms with Gasteiger partial charge in [0.1, 0.15) is 10.6 Å². The van der Waals surface area contributed by atoms with Gasteiger partial charge in [-0.15, -0.1) is 11.3 Å². The molecule has 2 aromatic rings. The molecular formula is C17H20N2O4S. The van der Waals surface area contributed by atoms with E-state index in [0.29, 0.717) is 17.2 Å². The molecule has 128 valence electrons. The summed E-state index contributed by atoms with van der Waals surface area (Å²) in [5.41, 5.74) is 1.58. The Kier molecular flexibility index (Phi) is 6.31. The van der Waals surface area contributed by atoms with Crippen LogP contribution in [0.3, 0.4) is 0 Å². The highest BCUT2D eigenvalue weighted by Crippen LogP contribution is 2.19. The van der Waals surface area contributed by atoms with Crippen molar-refractivity contribution in [2.45, 2.75) is 33.2 Å². The molecule has 0 spiro atoms. The van der Waals surface area contributed by atoms with E-state index in [1.165, 1.54) is 11.3 Å². The van der Waals surface area contributed by atoms with Gasteiger partial charge in [-0.25, -0.2) is 9.78 Å². The number of carboxylic acid groups (broad SMARTS) is 1. The van der Waals surface area contributed by atoms with Crippen molar-refractivity contribution in [3.63, 3.8) is 0 Å². The minimum atomic E-state index is -1.03. The number of hydrogen-bond donors (Lipinski definition) is 2. The monoisotopic (exact) mass is 348 g/mol. The van der Waals surface area contributed by atoms with Crippen molar-refractivity contribution in [1.82, 2.24) is 10.3 Å². The molecule has 2 rings (SSSR count). The van der Waals surface area contributed by atoms with Crippen LogP contribution >= 0.6 is 11.3 Å². The molecule has 0 saturated heterocycles. The van der Waals surface area contributed by atoms with Gasteiger partial charge in [0.2, 0.25) is 0 Å². The highest BCUT2D eigenvalue weighted by molar-refractivity contribution is 7.13. The van der Waals surface area contributed by atoms with E-state index in [0.717, 1.165) is 29.1 Å². The maximum absolute atomic E-state index is 12.3. The molecule has 1 heterocycles. The summed E-state index contributed by atoms with van der Waals surface area (Å²) >= 11 is 1.43. The van der Waals surface area contributed by atoms with Crippen LogP contribution in [-0.4, -0.2) is 28.6 Å². The first-order valence-electron chi connectivity index (χ1n) is 7.67. The van der Waals surface area contributed by atoms with Gasteiger partial charge in [-0.2, -0.15) is 0 Å². The number of ether oxygens (including phenoxy) is 1. The molecule has 0 radical (unpaired) electrons. The number of amides is 1. The number of aryl methyl sites for hydroxylation is 2. The summed E-state index contributed by atoms with van der Waals surface area (Å²) in [5.74, 6) is -0.718. The molecule has 24 heavy (non-hydrogen) atoms. The van der Waals surface area contributed by atoms with Crippen LogP contribution in [0.1, 0.15) is 39.3 Å². The summed E-state index contributed by atoms with van der Waals surface area (Å²) in [4.78, 5) is 27.9. The minimum Gasteiger partial charge on any atom is -0.482 e. The number of aromatic nitrogens is 1. The molecule has 0 fully saturated rings. The van der Waals surface area contributed by atoms with Crippen LogP contribution in [0.25, 0.3) is 0 Å². The molecule has 1 aromatic heterocycles. The highest BCUT2D eigenvalue weighted by Gasteiger charge is 2.14. The zero-order valence-electron chi connectivity index (χ0n) is 13.7. The number of benzene rings is 1. The lowest BCUT2D eigenvalue weighted by Crippen LogP contribution is -2.22. The number of nitrogens with zero attached hydrogens (tertiary/aromatic N) is 1. The smallest absolute Gasteiger partial charge is 0.341 e. The van der Waals surface area contributed by atoms with Crippen molar-refractivity contribution in [1.29, 1.82) is 0 Å². The third kappa shape index (κ3) is 5.06. The summed E-state index contributed by atoms with van der Waals surface area (Å²) in [6, 6.07) is 7.00. The molecule has 2 N–H and O–H groups in total. The average Bonchev–Trinajstić information content (AvgIpc) is 2.92. The van der Waals surface area contributed by atoms with Gasteiger partial charge in [0.15, 0.2) is 6.61 Å². The van der Waals surface area contributed by atoms with E-state index in [-0.39, 0.29) is 5.91 Å². The second-order valence-electron chi connectivity index (χ2n) is 5.28. The van der Waals surface area contributed by atoms with Crippen LogP contribution in [-0.2, 0) is 17.8 Å².